The molecule has 0 aliphatic carbocycles. The number of halogens is 1. The number of nitrogens with one attached hydrogen (secondary N) is 1. The minimum atomic E-state index is -0.561. The van der Waals surface area contributed by atoms with Crippen molar-refractivity contribution in [2.75, 3.05) is 6.54 Å². The molecule has 4 heteroatoms. The minimum Gasteiger partial charge on any atom is -0.359 e. The van der Waals surface area contributed by atoms with Gasteiger partial charge in [-0.25, -0.2) is 4.39 Å². The molecule has 0 aliphatic rings. The summed E-state index contributed by atoms with van der Waals surface area (Å²) < 4.78 is 12.7. The molecule has 0 aliphatic heterocycles. The molecule has 0 spiro atoms. The van der Waals surface area contributed by atoms with Gasteiger partial charge in [-0.3, -0.25) is 4.79 Å². The standard InChI is InChI=1S/C15H21FN2O/c1-4-14(7-6-13(3)16)10-15(5-2,11-17)8-9-18-12-19/h4,6-7,12H,1,5,8-10H2,2-3H3,(H,18,19)/b13-6+,14-7+. The molecule has 0 heterocycles. The summed E-state index contributed by atoms with van der Waals surface area (Å²) in [6, 6.07) is 2.32. The molecule has 0 radical (unpaired) electrons. The molecule has 3 nitrogen and oxygen atoms in total. The first-order chi connectivity index (χ1) is 9.03. The van der Waals surface area contributed by atoms with Crippen molar-refractivity contribution in [3.05, 3.63) is 36.2 Å². The summed E-state index contributed by atoms with van der Waals surface area (Å²) in [5, 5.41) is 11.9. The molecule has 1 amide bonds. The number of nitriles is 1. The summed E-state index contributed by atoms with van der Waals surface area (Å²) >= 11 is 0. The molecule has 0 saturated heterocycles. The second-order valence-corrected chi connectivity index (χ2v) is 4.44. The highest BCUT2D eigenvalue weighted by atomic mass is 19.1. The first-order valence-corrected chi connectivity index (χ1v) is 6.27. The zero-order valence-corrected chi connectivity index (χ0v) is 11.6. The van der Waals surface area contributed by atoms with Crippen molar-refractivity contribution in [3.63, 3.8) is 0 Å². The van der Waals surface area contributed by atoms with Crippen molar-refractivity contribution in [3.8, 4) is 6.07 Å². The Labute approximate surface area is 114 Å². The van der Waals surface area contributed by atoms with E-state index in [2.05, 4.69) is 18.0 Å². The summed E-state index contributed by atoms with van der Waals surface area (Å²) in [4.78, 5) is 10.3. The third kappa shape index (κ3) is 6.56. The van der Waals surface area contributed by atoms with E-state index in [9.17, 15) is 14.4 Å². The molecule has 0 saturated carbocycles. The van der Waals surface area contributed by atoms with Crippen LogP contribution in [0.15, 0.2) is 36.2 Å². The lowest BCUT2D eigenvalue weighted by Gasteiger charge is -2.25. The van der Waals surface area contributed by atoms with Crippen molar-refractivity contribution in [1.29, 1.82) is 5.26 Å². The minimum absolute atomic E-state index is 0.291. The van der Waals surface area contributed by atoms with Gasteiger partial charge in [0.2, 0.25) is 6.41 Å². The van der Waals surface area contributed by atoms with Gasteiger partial charge >= 0.3 is 0 Å². The van der Waals surface area contributed by atoms with Crippen LogP contribution in [0.3, 0.4) is 0 Å². The Morgan fingerprint density at radius 3 is 2.63 bits per heavy atom. The van der Waals surface area contributed by atoms with Gasteiger partial charge in [-0.05, 0) is 37.8 Å². The Bertz CT molecular complexity index is 403. The first-order valence-electron chi connectivity index (χ1n) is 6.27. The maximum atomic E-state index is 12.7. The van der Waals surface area contributed by atoms with Crippen LogP contribution in [0.4, 0.5) is 4.39 Å². The number of allylic oxidation sites excluding steroid dienone is 5. The summed E-state index contributed by atoms with van der Waals surface area (Å²) in [7, 11) is 0. The van der Waals surface area contributed by atoms with Crippen molar-refractivity contribution < 1.29 is 9.18 Å². The van der Waals surface area contributed by atoms with Crippen molar-refractivity contribution in [2.45, 2.75) is 33.1 Å². The maximum Gasteiger partial charge on any atom is 0.207 e. The van der Waals surface area contributed by atoms with E-state index in [0.29, 0.717) is 32.2 Å². The van der Waals surface area contributed by atoms with Gasteiger partial charge in [-0.2, -0.15) is 5.26 Å². The quantitative estimate of drug-likeness (QED) is 0.394. The summed E-state index contributed by atoms with van der Waals surface area (Å²) in [6.07, 6.45) is 6.96. The largest absolute Gasteiger partial charge is 0.359 e. The van der Waals surface area contributed by atoms with Gasteiger partial charge in [0.1, 0.15) is 0 Å². The van der Waals surface area contributed by atoms with Crippen LogP contribution in [0.2, 0.25) is 0 Å². The third-order valence-electron chi connectivity index (χ3n) is 3.08. The molecule has 0 fully saturated rings. The molecular weight excluding hydrogens is 243 g/mol. The van der Waals surface area contributed by atoms with Crippen molar-refractivity contribution >= 4 is 6.41 Å². The lowest BCUT2D eigenvalue weighted by molar-refractivity contribution is -0.109. The normalized spacial score (nSPS) is 15.3. The van der Waals surface area contributed by atoms with Crippen molar-refractivity contribution in [1.82, 2.24) is 5.32 Å². The average molecular weight is 264 g/mol. The zero-order chi connectivity index (χ0) is 14.7. The molecule has 1 unspecified atom stereocenters. The Balaban J connectivity index is 4.94. The van der Waals surface area contributed by atoms with E-state index in [-0.39, 0.29) is 5.83 Å². The molecule has 0 aromatic heterocycles. The van der Waals surface area contributed by atoms with E-state index < -0.39 is 5.41 Å². The number of amides is 1. The summed E-state index contributed by atoms with van der Waals surface area (Å²) in [6.45, 7) is 7.43. The number of hydrogen-bond acceptors (Lipinski definition) is 2. The molecular formula is C15H21FN2O. The third-order valence-corrected chi connectivity index (χ3v) is 3.08. The second kappa shape index (κ2) is 9.09. The highest BCUT2D eigenvalue weighted by Gasteiger charge is 2.28. The molecule has 0 bridgehead atoms. The highest BCUT2D eigenvalue weighted by Crippen LogP contribution is 2.33. The van der Waals surface area contributed by atoms with Gasteiger partial charge in [-0.15, -0.1) is 0 Å². The van der Waals surface area contributed by atoms with Crippen LogP contribution in [0, 0.1) is 16.7 Å². The topological polar surface area (TPSA) is 52.9 Å². The average Bonchev–Trinajstić information content (AvgIpc) is 2.41. The SMILES string of the molecule is C=C/C(=C\C=C(/C)F)CC(C#N)(CC)CCNC=O. The van der Waals surface area contributed by atoms with Gasteiger partial charge in [0.25, 0.3) is 0 Å². The number of hydrogen-bond donors (Lipinski definition) is 1. The summed E-state index contributed by atoms with van der Waals surface area (Å²) in [5.74, 6) is -0.291. The van der Waals surface area contributed by atoms with E-state index in [4.69, 9.17) is 0 Å². The van der Waals surface area contributed by atoms with Gasteiger partial charge in [0, 0.05) is 6.54 Å². The van der Waals surface area contributed by atoms with Crippen LogP contribution in [0.25, 0.3) is 0 Å². The number of nitrogens with zero attached hydrogens (tertiary/aromatic N) is 1. The smallest absolute Gasteiger partial charge is 0.207 e. The molecule has 1 atom stereocenters. The highest BCUT2D eigenvalue weighted by molar-refractivity contribution is 5.45. The van der Waals surface area contributed by atoms with E-state index in [1.807, 2.05) is 6.92 Å². The molecule has 0 aromatic rings. The zero-order valence-electron chi connectivity index (χ0n) is 11.6. The predicted molar refractivity (Wildman–Crippen MR) is 74.8 cm³/mol. The van der Waals surface area contributed by atoms with Gasteiger partial charge in [0.15, 0.2) is 0 Å². The van der Waals surface area contributed by atoms with E-state index in [1.54, 1.807) is 12.2 Å². The first kappa shape index (κ1) is 17.1. The fourth-order valence-corrected chi connectivity index (χ4v) is 1.75. The number of carbonyl (C=O) groups excluding carboxylic acids is 1. The fraction of sp³-hybridized carbons (Fsp3) is 0.467. The van der Waals surface area contributed by atoms with E-state index in [0.717, 1.165) is 5.57 Å². The van der Waals surface area contributed by atoms with Crippen LogP contribution in [0.1, 0.15) is 33.1 Å². The Kier molecular flexibility index (Phi) is 8.19. The van der Waals surface area contributed by atoms with Gasteiger partial charge < -0.3 is 5.32 Å². The molecule has 19 heavy (non-hydrogen) atoms. The molecule has 1 N–H and O–H groups in total. The molecule has 0 rings (SSSR count). The van der Waals surface area contributed by atoms with Gasteiger partial charge in [-0.1, -0.05) is 25.7 Å². The van der Waals surface area contributed by atoms with Crippen LogP contribution < -0.4 is 5.32 Å². The lowest BCUT2D eigenvalue weighted by atomic mass is 9.77. The van der Waals surface area contributed by atoms with E-state index in [1.165, 1.54) is 13.0 Å². The summed E-state index contributed by atoms with van der Waals surface area (Å²) in [5.41, 5.74) is 0.250. The Hall–Kier alpha value is -1.89. The van der Waals surface area contributed by atoms with Crippen LogP contribution in [-0.2, 0) is 4.79 Å². The maximum absolute atomic E-state index is 12.7. The van der Waals surface area contributed by atoms with Crippen molar-refractivity contribution in [2.24, 2.45) is 5.41 Å². The fourth-order valence-electron chi connectivity index (χ4n) is 1.75. The van der Waals surface area contributed by atoms with E-state index >= 15 is 0 Å². The monoisotopic (exact) mass is 264 g/mol. The van der Waals surface area contributed by atoms with Gasteiger partial charge in [0.05, 0.1) is 17.3 Å². The second-order valence-electron chi connectivity index (χ2n) is 4.44. The number of rotatable bonds is 9. The number of carbonyl (C=O) groups is 1. The van der Waals surface area contributed by atoms with Crippen LogP contribution in [-0.4, -0.2) is 13.0 Å². The van der Waals surface area contributed by atoms with Crippen LogP contribution in [0.5, 0.6) is 0 Å². The molecule has 104 valence electrons. The lowest BCUT2D eigenvalue weighted by Crippen LogP contribution is -2.25. The Morgan fingerprint density at radius 1 is 1.53 bits per heavy atom. The predicted octanol–water partition coefficient (Wildman–Crippen LogP) is 3.42. The van der Waals surface area contributed by atoms with Crippen LogP contribution >= 0.6 is 0 Å². The Morgan fingerprint density at radius 2 is 2.21 bits per heavy atom. The molecule has 0 aromatic carbocycles.